The van der Waals surface area contributed by atoms with Crippen molar-refractivity contribution in [2.75, 3.05) is 13.2 Å². The molecule has 0 fully saturated rings. The average Bonchev–Trinajstić information content (AvgIpc) is 3.25. The molecular formula is C16H15Cl3F12N4O4S. The minimum atomic E-state index is -4.88. The van der Waals surface area contributed by atoms with E-state index in [1.807, 2.05) is 0 Å². The topological polar surface area (TPSA) is 91.4 Å². The molecule has 1 N–H and O–H groups in total. The molecule has 2 heterocycles. The van der Waals surface area contributed by atoms with Gasteiger partial charge < -0.3 is 14.6 Å². The number of nitrogens with zero attached hydrogens (tertiary/aromatic N) is 4. The van der Waals surface area contributed by atoms with Gasteiger partial charge in [-0.3, -0.25) is 0 Å². The van der Waals surface area contributed by atoms with Gasteiger partial charge in [-0.1, -0.05) is 0 Å². The fraction of sp³-hybridized carbons (Fsp3) is 0.625. The zero-order valence-electron chi connectivity index (χ0n) is 19.4. The minimum Gasteiger partial charge on any atom is -0.468 e. The number of halogens is 15. The average molecular weight is 694 g/mol. The molecule has 0 aliphatic carbocycles. The van der Waals surface area contributed by atoms with E-state index in [-0.39, 0.29) is 0 Å². The van der Waals surface area contributed by atoms with Gasteiger partial charge in [-0.2, -0.15) is 62.9 Å². The van der Waals surface area contributed by atoms with Crippen LogP contribution in [0.25, 0.3) is 0 Å². The first-order valence-electron chi connectivity index (χ1n) is 9.42. The number of rotatable bonds is 6. The van der Waals surface area contributed by atoms with E-state index in [4.69, 9.17) is 20.9 Å². The molecule has 0 bridgehead atoms. The number of hydrogen-bond donors (Lipinski definition) is 1. The Balaban J connectivity index is 0.000000671. The van der Waals surface area contributed by atoms with E-state index in [1.165, 1.54) is 0 Å². The van der Waals surface area contributed by atoms with Crippen molar-refractivity contribution in [1.82, 2.24) is 19.6 Å². The summed E-state index contributed by atoms with van der Waals surface area (Å²) < 4.78 is 165. The Kier molecular flexibility index (Phi) is 14.2. The minimum absolute atomic E-state index is 0.500. The van der Waals surface area contributed by atoms with Gasteiger partial charge in [-0.25, -0.2) is 13.6 Å². The van der Waals surface area contributed by atoms with Crippen LogP contribution >= 0.6 is 33.0 Å². The summed E-state index contributed by atoms with van der Waals surface area (Å²) in [7, 11) is 9.38. The molecule has 0 aromatic carbocycles. The van der Waals surface area contributed by atoms with Crippen LogP contribution in [-0.4, -0.2) is 54.4 Å². The lowest BCUT2D eigenvalue weighted by atomic mass is 10.2. The third-order valence-electron chi connectivity index (χ3n) is 3.75. The lowest BCUT2D eigenvalue weighted by Gasteiger charge is -2.10. The standard InChI is InChI=1S/C8H7ClF6N2O.C8H8F6N2O2.Cl2OS/c1-17-6(18-3-7(10,11)12)4(2-9)5(16-17)8(13,14)15;1-16-6(18-3-7(9,10)11)4(2-17)5(15-16)8(12,13)14;1-4(2)3/h2-3H2,1H3;17H,2-3H2,1H3;. The molecular weight excluding hydrogens is 679 g/mol. The Morgan fingerprint density at radius 3 is 1.30 bits per heavy atom. The lowest BCUT2D eigenvalue weighted by Crippen LogP contribution is -2.20. The van der Waals surface area contributed by atoms with Gasteiger partial charge in [-0.05, 0) is 0 Å². The predicted octanol–water partition coefficient (Wildman–Crippen LogP) is 6.03. The van der Waals surface area contributed by atoms with Crippen molar-refractivity contribution in [3.63, 3.8) is 0 Å². The maximum Gasteiger partial charge on any atom is 0.435 e. The van der Waals surface area contributed by atoms with Crippen LogP contribution in [0, 0.1) is 0 Å². The SMILES string of the molecule is Cn1nc(C(F)(F)F)c(CCl)c1OCC(F)(F)F.Cn1nc(C(F)(F)F)c(CO)c1OCC(F)(F)F.O=S(Cl)Cl. The Bertz CT molecular complexity index is 1030. The molecule has 0 aliphatic heterocycles. The normalized spacial score (nSPS) is 12.5. The molecule has 8 nitrogen and oxygen atoms in total. The van der Waals surface area contributed by atoms with Crippen LogP contribution in [0.3, 0.4) is 0 Å². The van der Waals surface area contributed by atoms with Crippen molar-refractivity contribution < 1.29 is 71.5 Å². The first kappa shape index (κ1) is 38.2. The van der Waals surface area contributed by atoms with Gasteiger partial charge in [0.05, 0.1) is 23.6 Å². The quantitative estimate of drug-likeness (QED) is 0.226. The second-order valence-corrected chi connectivity index (χ2v) is 9.58. The molecule has 0 radical (unpaired) electrons. The molecule has 2 aromatic heterocycles. The molecule has 2 aromatic rings. The number of alkyl halides is 13. The summed E-state index contributed by atoms with van der Waals surface area (Å²) in [4.78, 5) is 0. The Morgan fingerprint density at radius 1 is 0.750 bits per heavy atom. The number of aliphatic hydroxyl groups excluding tert-OH is 1. The highest BCUT2D eigenvalue weighted by Crippen LogP contribution is 2.37. The predicted molar refractivity (Wildman–Crippen MR) is 115 cm³/mol. The molecule has 24 heteroatoms. The molecule has 2 rings (SSSR count). The second-order valence-electron chi connectivity index (χ2n) is 6.79. The van der Waals surface area contributed by atoms with Crippen molar-refractivity contribution >= 4 is 42.2 Å². The fourth-order valence-electron chi connectivity index (χ4n) is 2.48. The monoisotopic (exact) mass is 692 g/mol. The Labute approximate surface area is 232 Å². The number of hydrogen-bond acceptors (Lipinski definition) is 6. The van der Waals surface area contributed by atoms with Crippen LogP contribution in [0.5, 0.6) is 11.8 Å². The maximum atomic E-state index is 12.5. The van der Waals surface area contributed by atoms with Gasteiger partial charge in [0, 0.05) is 35.5 Å². The van der Waals surface area contributed by atoms with E-state index in [0.29, 0.717) is 9.36 Å². The summed E-state index contributed by atoms with van der Waals surface area (Å²) in [6.07, 6.45) is -19.0. The van der Waals surface area contributed by atoms with Gasteiger partial charge in [0.15, 0.2) is 24.6 Å². The third kappa shape index (κ3) is 13.2. The molecule has 0 spiro atoms. The molecule has 40 heavy (non-hydrogen) atoms. The highest BCUT2D eigenvalue weighted by atomic mass is 36.0. The molecule has 0 atom stereocenters. The number of aromatic nitrogens is 4. The first-order valence-corrected chi connectivity index (χ1v) is 12.8. The summed E-state index contributed by atoms with van der Waals surface area (Å²) in [5.74, 6) is -2.06. The zero-order chi connectivity index (χ0) is 31.9. The van der Waals surface area contributed by atoms with Gasteiger partial charge in [0.1, 0.15) is 0 Å². The summed E-state index contributed by atoms with van der Waals surface area (Å²) >= 11 is 5.29. The van der Waals surface area contributed by atoms with Crippen molar-refractivity contribution in [1.29, 1.82) is 0 Å². The van der Waals surface area contributed by atoms with Crippen LogP contribution < -0.4 is 9.47 Å². The fourth-order valence-corrected chi connectivity index (χ4v) is 2.73. The first-order chi connectivity index (χ1) is 17.9. The van der Waals surface area contributed by atoms with Crippen molar-refractivity contribution in [3.8, 4) is 11.8 Å². The van der Waals surface area contributed by atoms with Crippen LogP contribution in [0.2, 0.25) is 0 Å². The number of aryl methyl sites for hydroxylation is 2. The smallest absolute Gasteiger partial charge is 0.435 e. The van der Waals surface area contributed by atoms with Crippen LogP contribution in [-0.2, 0) is 48.2 Å². The van der Waals surface area contributed by atoms with Crippen molar-refractivity contribution in [2.24, 2.45) is 14.1 Å². The molecule has 0 aliphatic rings. The van der Waals surface area contributed by atoms with E-state index in [9.17, 15) is 52.7 Å². The van der Waals surface area contributed by atoms with Gasteiger partial charge in [0.25, 0.3) is 0 Å². The second kappa shape index (κ2) is 14.9. The van der Waals surface area contributed by atoms with Crippen molar-refractivity contribution in [2.45, 2.75) is 37.2 Å². The van der Waals surface area contributed by atoms with E-state index < -0.39 is 93.9 Å². The largest absolute Gasteiger partial charge is 0.468 e. The van der Waals surface area contributed by atoms with E-state index in [0.717, 1.165) is 14.1 Å². The van der Waals surface area contributed by atoms with Crippen LogP contribution in [0.15, 0.2) is 0 Å². The lowest BCUT2D eigenvalue weighted by molar-refractivity contribution is -0.155. The van der Waals surface area contributed by atoms with Crippen LogP contribution in [0.4, 0.5) is 52.7 Å². The van der Waals surface area contributed by atoms with Crippen molar-refractivity contribution in [3.05, 3.63) is 22.5 Å². The van der Waals surface area contributed by atoms with E-state index in [1.54, 1.807) is 0 Å². The molecule has 234 valence electrons. The third-order valence-corrected chi connectivity index (χ3v) is 4.02. The summed E-state index contributed by atoms with van der Waals surface area (Å²) in [5.41, 5.74) is -4.26. The molecule has 0 unspecified atom stereocenters. The summed E-state index contributed by atoms with van der Waals surface area (Å²) in [6.45, 7) is -4.61. The van der Waals surface area contributed by atoms with Gasteiger partial charge >= 0.3 is 24.7 Å². The maximum absolute atomic E-state index is 12.5. The Hall–Kier alpha value is -1.84. The Morgan fingerprint density at radius 2 is 1.05 bits per heavy atom. The highest BCUT2D eigenvalue weighted by molar-refractivity contribution is 8.26. The molecule has 0 saturated heterocycles. The van der Waals surface area contributed by atoms with Crippen LogP contribution in [0.1, 0.15) is 22.5 Å². The van der Waals surface area contributed by atoms with Gasteiger partial charge in [0.2, 0.25) is 21.0 Å². The highest BCUT2D eigenvalue weighted by Gasteiger charge is 2.41. The van der Waals surface area contributed by atoms with Gasteiger partial charge in [-0.15, -0.1) is 11.6 Å². The number of ether oxygens (including phenoxy) is 2. The zero-order valence-corrected chi connectivity index (χ0v) is 22.5. The molecule has 0 saturated carbocycles. The summed E-state index contributed by atoms with van der Waals surface area (Å²) in [6, 6.07) is 0. The van der Waals surface area contributed by atoms with E-state index >= 15 is 0 Å². The van der Waals surface area contributed by atoms with E-state index in [2.05, 4.69) is 41.0 Å². The number of aliphatic hydroxyl groups is 1. The summed E-state index contributed by atoms with van der Waals surface area (Å²) in [5, 5.41) is 14.9. The molecule has 0 amide bonds.